The molecule has 0 atom stereocenters. The summed E-state index contributed by atoms with van der Waals surface area (Å²) < 4.78 is 5.61. The van der Waals surface area contributed by atoms with Gasteiger partial charge in [-0.15, -0.1) is 0 Å². The van der Waals surface area contributed by atoms with E-state index < -0.39 is 5.60 Å². The van der Waals surface area contributed by atoms with Gasteiger partial charge in [0.15, 0.2) is 5.78 Å². The van der Waals surface area contributed by atoms with Crippen LogP contribution in [0.25, 0.3) is 0 Å². The second kappa shape index (κ2) is 5.96. The molecule has 0 heterocycles. The van der Waals surface area contributed by atoms with Gasteiger partial charge < -0.3 is 9.84 Å². The quantitative estimate of drug-likeness (QED) is 0.855. The predicted octanol–water partition coefficient (Wildman–Crippen LogP) is 3.60. The van der Waals surface area contributed by atoms with Crippen LogP contribution in [0.15, 0.2) is 24.3 Å². The van der Waals surface area contributed by atoms with Crippen LogP contribution in [0.5, 0.6) is 5.75 Å². The molecule has 1 aliphatic rings. The van der Waals surface area contributed by atoms with Gasteiger partial charge >= 0.3 is 0 Å². The van der Waals surface area contributed by atoms with E-state index in [0.717, 1.165) is 12.8 Å². The summed E-state index contributed by atoms with van der Waals surface area (Å²) in [6.45, 7) is 6.07. The summed E-state index contributed by atoms with van der Waals surface area (Å²) in [7, 11) is 0. The minimum atomic E-state index is -1.19. The van der Waals surface area contributed by atoms with Crippen molar-refractivity contribution in [3.63, 3.8) is 0 Å². The Balaban J connectivity index is 2.16. The molecule has 2 rings (SSSR count). The van der Waals surface area contributed by atoms with Gasteiger partial charge in [0.05, 0.1) is 6.10 Å². The molecule has 1 N–H and O–H groups in total. The van der Waals surface area contributed by atoms with Crippen molar-refractivity contribution >= 4 is 5.78 Å². The number of carbonyl (C=O) groups is 1. The van der Waals surface area contributed by atoms with E-state index in [0.29, 0.717) is 30.1 Å². The molecule has 0 unspecified atom stereocenters. The third-order valence-corrected chi connectivity index (χ3v) is 3.99. The van der Waals surface area contributed by atoms with E-state index in [9.17, 15) is 9.90 Å². The molecule has 3 heteroatoms. The molecule has 1 aromatic carbocycles. The van der Waals surface area contributed by atoms with Crippen molar-refractivity contribution in [2.75, 3.05) is 0 Å². The fourth-order valence-corrected chi connectivity index (χ4v) is 2.72. The number of benzene rings is 1. The predicted molar refractivity (Wildman–Crippen MR) is 79.1 cm³/mol. The largest absolute Gasteiger partial charge is 0.491 e. The zero-order valence-corrected chi connectivity index (χ0v) is 12.6. The van der Waals surface area contributed by atoms with Crippen LogP contribution >= 0.6 is 0 Å². The molecule has 0 aliphatic heterocycles. The monoisotopic (exact) mass is 276 g/mol. The fraction of sp³-hybridized carbons (Fsp3) is 0.588. The molecule has 0 saturated heterocycles. The van der Waals surface area contributed by atoms with Gasteiger partial charge in [-0.3, -0.25) is 4.79 Å². The number of carbonyl (C=O) groups excluding carboxylic acids is 1. The Morgan fingerprint density at radius 3 is 2.60 bits per heavy atom. The highest BCUT2D eigenvalue weighted by Gasteiger charge is 2.39. The lowest BCUT2D eigenvalue weighted by atomic mass is 9.76. The van der Waals surface area contributed by atoms with Crippen LogP contribution in [0.3, 0.4) is 0 Å². The van der Waals surface area contributed by atoms with Crippen molar-refractivity contribution in [1.29, 1.82) is 0 Å². The number of Topliss-reactive ketones (excluding diaryl/α,β-unsaturated/α-hetero) is 1. The van der Waals surface area contributed by atoms with Crippen molar-refractivity contribution in [3.05, 3.63) is 29.8 Å². The second-order valence-corrected chi connectivity index (χ2v) is 6.24. The minimum Gasteiger partial charge on any atom is -0.491 e. The molecule has 110 valence electrons. The Hall–Kier alpha value is -1.35. The van der Waals surface area contributed by atoms with Crippen molar-refractivity contribution in [1.82, 2.24) is 0 Å². The van der Waals surface area contributed by atoms with E-state index in [1.54, 1.807) is 18.2 Å². The van der Waals surface area contributed by atoms with Gasteiger partial charge in [0.2, 0.25) is 0 Å². The summed E-state index contributed by atoms with van der Waals surface area (Å²) >= 11 is 0. The lowest BCUT2D eigenvalue weighted by molar-refractivity contribution is 0.00424. The molecule has 0 amide bonds. The topological polar surface area (TPSA) is 46.5 Å². The minimum absolute atomic E-state index is 0.0685. The van der Waals surface area contributed by atoms with Gasteiger partial charge in [0.1, 0.15) is 11.4 Å². The number of hydrogen-bond acceptors (Lipinski definition) is 3. The van der Waals surface area contributed by atoms with E-state index in [2.05, 4.69) is 6.92 Å². The zero-order chi connectivity index (χ0) is 14.8. The Labute approximate surface area is 121 Å². The van der Waals surface area contributed by atoms with Crippen LogP contribution < -0.4 is 4.74 Å². The van der Waals surface area contributed by atoms with E-state index in [-0.39, 0.29) is 11.9 Å². The molecule has 3 nitrogen and oxygen atoms in total. The van der Waals surface area contributed by atoms with Crippen LogP contribution in [-0.2, 0) is 0 Å². The molecule has 0 spiro atoms. The lowest BCUT2D eigenvalue weighted by Crippen LogP contribution is -2.41. The van der Waals surface area contributed by atoms with Gasteiger partial charge in [-0.25, -0.2) is 0 Å². The van der Waals surface area contributed by atoms with Gasteiger partial charge in [0.25, 0.3) is 0 Å². The lowest BCUT2D eigenvalue weighted by Gasteiger charge is -2.33. The highest BCUT2D eigenvalue weighted by Crippen LogP contribution is 2.34. The van der Waals surface area contributed by atoms with E-state index >= 15 is 0 Å². The van der Waals surface area contributed by atoms with Gasteiger partial charge in [0, 0.05) is 5.56 Å². The first-order valence-electron chi connectivity index (χ1n) is 7.44. The first-order chi connectivity index (χ1) is 9.40. The maximum Gasteiger partial charge on any atom is 0.194 e. The number of hydrogen-bond donors (Lipinski definition) is 1. The van der Waals surface area contributed by atoms with E-state index in [4.69, 9.17) is 4.74 Å². The highest BCUT2D eigenvalue weighted by atomic mass is 16.5. The first kappa shape index (κ1) is 15.0. The van der Waals surface area contributed by atoms with Crippen LogP contribution in [-0.4, -0.2) is 22.6 Å². The first-order valence-corrected chi connectivity index (χ1v) is 7.44. The summed E-state index contributed by atoms with van der Waals surface area (Å²) in [5.41, 5.74) is -0.650. The molecule has 0 bridgehead atoms. The number of aliphatic hydroxyl groups is 1. The van der Waals surface area contributed by atoms with Gasteiger partial charge in [-0.05, 0) is 57.6 Å². The van der Waals surface area contributed by atoms with Crippen LogP contribution in [0.2, 0.25) is 0 Å². The summed E-state index contributed by atoms with van der Waals surface area (Å²) in [5.74, 6) is 1.11. The van der Waals surface area contributed by atoms with Crippen LogP contribution in [0.4, 0.5) is 0 Å². The highest BCUT2D eigenvalue weighted by molar-refractivity contribution is 6.02. The molecule has 20 heavy (non-hydrogen) atoms. The Morgan fingerprint density at radius 1 is 1.35 bits per heavy atom. The molecule has 1 aromatic rings. The number of ketones is 1. The maximum atomic E-state index is 12.6. The molecular formula is C17H24O3. The average Bonchev–Trinajstić information content (AvgIpc) is 2.41. The number of ether oxygens (including phenoxy) is 1. The molecule has 1 aliphatic carbocycles. The van der Waals surface area contributed by atoms with Crippen molar-refractivity contribution in [2.24, 2.45) is 5.92 Å². The molecule has 1 saturated carbocycles. The normalized spacial score (nSPS) is 26.6. The summed E-state index contributed by atoms with van der Waals surface area (Å²) in [5, 5.41) is 10.6. The fourth-order valence-electron chi connectivity index (χ4n) is 2.72. The molecule has 0 aromatic heterocycles. The summed E-state index contributed by atoms with van der Waals surface area (Å²) in [6, 6.07) is 7.13. The van der Waals surface area contributed by atoms with Crippen LogP contribution in [0, 0.1) is 5.92 Å². The smallest absolute Gasteiger partial charge is 0.194 e. The molecule has 0 radical (unpaired) electrons. The molecule has 1 fully saturated rings. The average molecular weight is 276 g/mol. The standard InChI is InChI=1S/C17H24O3/c1-12(2)20-15-6-4-5-14(11-15)16(18)17(19)9-7-13(3)8-10-17/h4-6,11-13,19H,7-10H2,1-3H3. The summed E-state index contributed by atoms with van der Waals surface area (Å²) in [4.78, 5) is 12.6. The van der Waals surface area contributed by atoms with Crippen molar-refractivity contribution in [2.45, 2.75) is 58.2 Å². The van der Waals surface area contributed by atoms with E-state index in [1.165, 1.54) is 0 Å². The molecular weight excluding hydrogens is 252 g/mol. The van der Waals surface area contributed by atoms with Crippen molar-refractivity contribution in [3.8, 4) is 5.75 Å². The van der Waals surface area contributed by atoms with Crippen LogP contribution in [0.1, 0.15) is 56.8 Å². The Kier molecular flexibility index (Phi) is 4.48. The SMILES string of the molecule is CC1CCC(O)(C(=O)c2cccc(OC(C)C)c2)CC1. The summed E-state index contributed by atoms with van der Waals surface area (Å²) in [6.07, 6.45) is 3.00. The Bertz CT molecular complexity index is 471. The third-order valence-electron chi connectivity index (χ3n) is 3.99. The zero-order valence-electron chi connectivity index (χ0n) is 12.6. The van der Waals surface area contributed by atoms with Gasteiger partial charge in [-0.1, -0.05) is 19.1 Å². The third kappa shape index (κ3) is 3.40. The van der Waals surface area contributed by atoms with Crippen molar-refractivity contribution < 1.29 is 14.6 Å². The Morgan fingerprint density at radius 2 is 2.00 bits per heavy atom. The van der Waals surface area contributed by atoms with Gasteiger partial charge in [-0.2, -0.15) is 0 Å². The van der Waals surface area contributed by atoms with E-state index in [1.807, 2.05) is 19.9 Å². The second-order valence-electron chi connectivity index (χ2n) is 6.24. The maximum absolute atomic E-state index is 12.6. The number of rotatable bonds is 4.